The fourth-order valence-electron chi connectivity index (χ4n) is 2.12. The number of amides is 1. The van der Waals surface area contributed by atoms with Crippen LogP contribution in [0.15, 0.2) is 24.3 Å². The average Bonchev–Trinajstić information content (AvgIpc) is 2.40. The fraction of sp³-hybridized carbons (Fsp3) is 0.429. The topological polar surface area (TPSA) is 56.1 Å². The summed E-state index contributed by atoms with van der Waals surface area (Å²) in [5, 5.41) is 12.0. The molecule has 2 rings (SSSR count). The molecule has 1 atom stereocenters. The Hall–Kier alpha value is -1.86. The number of nitriles is 1. The van der Waals surface area contributed by atoms with Gasteiger partial charge in [-0.2, -0.15) is 5.26 Å². The molecule has 1 saturated heterocycles. The van der Waals surface area contributed by atoms with E-state index in [0.29, 0.717) is 5.56 Å². The van der Waals surface area contributed by atoms with Gasteiger partial charge < -0.3 is 10.2 Å². The van der Waals surface area contributed by atoms with Crippen LogP contribution in [0.2, 0.25) is 0 Å². The first-order valence-corrected chi connectivity index (χ1v) is 6.24. The molecule has 1 unspecified atom stereocenters. The summed E-state index contributed by atoms with van der Waals surface area (Å²) >= 11 is 0. The molecule has 0 bridgehead atoms. The largest absolute Gasteiger partial charge is 0.316 e. The van der Waals surface area contributed by atoms with Crippen molar-refractivity contribution in [1.29, 1.82) is 5.26 Å². The first kappa shape index (κ1) is 12.6. The Kier molecular flexibility index (Phi) is 3.96. The van der Waals surface area contributed by atoms with Gasteiger partial charge in [-0.1, -0.05) is 6.92 Å². The minimum atomic E-state index is -0.0130. The van der Waals surface area contributed by atoms with E-state index in [0.717, 1.165) is 31.7 Å². The fourth-order valence-corrected chi connectivity index (χ4v) is 2.12. The molecule has 1 fully saturated rings. The number of hydrogen-bond donors (Lipinski definition) is 1. The summed E-state index contributed by atoms with van der Waals surface area (Å²) < 4.78 is 0. The highest BCUT2D eigenvalue weighted by Gasteiger charge is 2.23. The smallest absolute Gasteiger partial charge is 0.231 e. The molecule has 18 heavy (non-hydrogen) atoms. The quantitative estimate of drug-likeness (QED) is 0.813. The third-order valence-corrected chi connectivity index (χ3v) is 3.18. The van der Waals surface area contributed by atoms with Crippen molar-refractivity contribution < 1.29 is 4.79 Å². The summed E-state index contributed by atoms with van der Waals surface area (Å²) in [6.07, 6.45) is 0.943. The Morgan fingerprint density at radius 2 is 2.11 bits per heavy atom. The van der Waals surface area contributed by atoms with E-state index in [1.165, 1.54) is 0 Å². The number of nitrogens with one attached hydrogen (secondary N) is 1. The Bertz CT molecular complexity index is 461. The van der Waals surface area contributed by atoms with Crippen LogP contribution in [0.4, 0.5) is 5.69 Å². The standard InChI is InChI=1S/C14H17N3O/c1-11-10-16-7-2-8-17(14(11)18)13-5-3-12(9-15)4-6-13/h3-6,11,16H,2,7-8,10H2,1H3. The van der Waals surface area contributed by atoms with E-state index in [4.69, 9.17) is 5.26 Å². The van der Waals surface area contributed by atoms with Crippen LogP contribution < -0.4 is 10.2 Å². The van der Waals surface area contributed by atoms with E-state index in [9.17, 15) is 4.79 Å². The lowest BCUT2D eigenvalue weighted by Gasteiger charge is -2.28. The molecular weight excluding hydrogens is 226 g/mol. The van der Waals surface area contributed by atoms with Gasteiger partial charge in [-0.05, 0) is 37.2 Å². The zero-order chi connectivity index (χ0) is 13.0. The van der Waals surface area contributed by atoms with E-state index >= 15 is 0 Å². The molecule has 0 radical (unpaired) electrons. The molecule has 94 valence electrons. The van der Waals surface area contributed by atoms with E-state index in [1.54, 1.807) is 12.1 Å². The second-order valence-electron chi connectivity index (χ2n) is 4.61. The summed E-state index contributed by atoms with van der Waals surface area (Å²) in [6.45, 7) is 4.33. The maximum Gasteiger partial charge on any atom is 0.231 e. The van der Waals surface area contributed by atoms with Crippen LogP contribution in [0.25, 0.3) is 0 Å². The van der Waals surface area contributed by atoms with Crippen LogP contribution in [0, 0.1) is 17.2 Å². The number of benzene rings is 1. The zero-order valence-electron chi connectivity index (χ0n) is 10.5. The minimum absolute atomic E-state index is 0.0130. The summed E-state index contributed by atoms with van der Waals surface area (Å²) in [5.41, 5.74) is 1.50. The Morgan fingerprint density at radius 1 is 1.39 bits per heavy atom. The van der Waals surface area contributed by atoms with Crippen molar-refractivity contribution in [2.75, 3.05) is 24.5 Å². The van der Waals surface area contributed by atoms with E-state index in [2.05, 4.69) is 11.4 Å². The molecule has 1 aromatic carbocycles. The molecule has 1 aliphatic heterocycles. The van der Waals surface area contributed by atoms with Gasteiger partial charge in [0, 0.05) is 24.7 Å². The van der Waals surface area contributed by atoms with Crippen LogP contribution in [-0.2, 0) is 4.79 Å². The Morgan fingerprint density at radius 3 is 2.78 bits per heavy atom. The summed E-state index contributed by atoms with van der Waals surface area (Å²) in [5.74, 6) is 0.132. The predicted octanol–water partition coefficient (Wildman–Crippen LogP) is 1.52. The van der Waals surface area contributed by atoms with Crippen LogP contribution >= 0.6 is 0 Å². The van der Waals surface area contributed by atoms with Gasteiger partial charge in [-0.15, -0.1) is 0 Å². The molecule has 4 heteroatoms. The molecule has 1 amide bonds. The second kappa shape index (κ2) is 5.65. The van der Waals surface area contributed by atoms with Gasteiger partial charge in [0.25, 0.3) is 0 Å². The second-order valence-corrected chi connectivity index (χ2v) is 4.61. The number of rotatable bonds is 1. The molecule has 0 aromatic heterocycles. The average molecular weight is 243 g/mol. The highest BCUT2D eigenvalue weighted by molar-refractivity contribution is 5.95. The first-order valence-electron chi connectivity index (χ1n) is 6.24. The van der Waals surface area contributed by atoms with Crippen LogP contribution in [-0.4, -0.2) is 25.5 Å². The van der Waals surface area contributed by atoms with Crippen molar-refractivity contribution in [3.8, 4) is 6.07 Å². The molecule has 4 nitrogen and oxygen atoms in total. The van der Waals surface area contributed by atoms with Crippen molar-refractivity contribution in [2.24, 2.45) is 5.92 Å². The van der Waals surface area contributed by atoms with Gasteiger partial charge in [0.2, 0.25) is 5.91 Å². The lowest BCUT2D eigenvalue weighted by molar-refractivity contribution is -0.122. The number of hydrogen-bond acceptors (Lipinski definition) is 3. The zero-order valence-corrected chi connectivity index (χ0v) is 10.5. The monoisotopic (exact) mass is 243 g/mol. The highest BCUT2D eigenvalue weighted by Crippen LogP contribution is 2.19. The molecule has 0 spiro atoms. The maximum atomic E-state index is 12.3. The molecule has 1 aliphatic rings. The molecule has 1 N–H and O–H groups in total. The molecule has 1 aromatic rings. The van der Waals surface area contributed by atoms with Gasteiger partial charge in [-0.25, -0.2) is 0 Å². The predicted molar refractivity (Wildman–Crippen MR) is 70.2 cm³/mol. The SMILES string of the molecule is CC1CNCCCN(c2ccc(C#N)cc2)C1=O. The first-order chi connectivity index (χ1) is 8.72. The van der Waals surface area contributed by atoms with E-state index in [1.807, 2.05) is 24.0 Å². The third kappa shape index (κ3) is 2.69. The van der Waals surface area contributed by atoms with Crippen LogP contribution in [0.1, 0.15) is 18.9 Å². The van der Waals surface area contributed by atoms with Crippen molar-refractivity contribution in [3.05, 3.63) is 29.8 Å². The van der Waals surface area contributed by atoms with Gasteiger partial charge in [0.15, 0.2) is 0 Å². The van der Waals surface area contributed by atoms with Crippen molar-refractivity contribution in [1.82, 2.24) is 5.32 Å². The van der Waals surface area contributed by atoms with Gasteiger partial charge in [-0.3, -0.25) is 4.79 Å². The van der Waals surface area contributed by atoms with Crippen molar-refractivity contribution >= 4 is 11.6 Å². The Balaban J connectivity index is 2.22. The van der Waals surface area contributed by atoms with Gasteiger partial charge in [0.1, 0.15) is 0 Å². The van der Waals surface area contributed by atoms with Crippen molar-refractivity contribution in [2.45, 2.75) is 13.3 Å². The molecular formula is C14H17N3O. The lowest BCUT2D eigenvalue weighted by atomic mass is 10.1. The van der Waals surface area contributed by atoms with Gasteiger partial charge >= 0.3 is 0 Å². The Labute approximate surface area is 107 Å². The van der Waals surface area contributed by atoms with Gasteiger partial charge in [0.05, 0.1) is 11.6 Å². The minimum Gasteiger partial charge on any atom is -0.316 e. The summed E-state index contributed by atoms with van der Waals surface area (Å²) in [4.78, 5) is 14.1. The van der Waals surface area contributed by atoms with Crippen molar-refractivity contribution in [3.63, 3.8) is 0 Å². The molecule has 0 aliphatic carbocycles. The highest BCUT2D eigenvalue weighted by atomic mass is 16.2. The summed E-state index contributed by atoms with van der Waals surface area (Å²) in [6, 6.07) is 9.29. The number of anilines is 1. The number of carbonyl (C=O) groups excluding carboxylic acids is 1. The molecule has 1 heterocycles. The lowest BCUT2D eigenvalue weighted by Crippen LogP contribution is -2.43. The molecule has 0 saturated carbocycles. The number of nitrogens with zero attached hydrogens (tertiary/aromatic N) is 2. The number of carbonyl (C=O) groups is 1. The van der Waals surface area contributed by atoms with E-state index in [-0.39, 0.29) is 11.8 Å². The van der Waals surface area contributed by atoms with Crippen LogP contribution in [0.3, 0.4) is 0 Å². The maximum absolute atomic E-state index is 12.3. The summed E-state index contributed by atoms with van der Waals surface area (Å²) in [7, 11) is 0. The third-order valence-electron chi connectivity index (χ3n) is 3.18. The van der Waals surface area contributed by atoms with Crippen LogP contribution in [0.5, 0.6) is 0 Å². The normalized spacial score (nSPS) is 21.0. The van der Waals surface area contributed by atoms with E-state index < -0.39 is 0 Å².